The predicted octanol–water partition coefficient (Wildman–Crippen LogP) is 2.91. The molecule has 0 spiro atoms. The van der Waals surface area contributed by atoms with Crippen LogP contribution in [-0.2, 0) is 7.05 Å². The van der Waals surface area contributed by atoms with E-state index in [0.29, 0.717) is 5.56 Å². The van der Waals surface area contributed by atoms with Crippen LogP contribution in [-0.4, -0.2) is 28.8 Å². The highest BCUT2D eigenvalue weighted by Crippen LogP contribution is 2.25. The lowest BCUT2D eigenvalue weighted by molar-refractivity contribution is 0.102. The summed E-state index contributed by atoms with van der Waals surface area (Å²) in [5.41, 5.74) is 2.57. The number of aryl methyl sites for hydroxylation is 1. The summed E-state index contributed by atoms with van der Waals surface area (Å²) in [4.78, 5) is 14.6. The SMILES string of the molecule is CC1CCN(c2cccc(NC(=O)c3cnn(C)c3)c2)CC1. The molecule has 1 aromatic heterocycles. The first kappa shape index (κ1) is 14.6. The molecule has 1 amide bonds. The van der Waals surface area contributed by atoms with Crippen LogP contribution in [0, 0.1) is 5.92 Å². The maximum absolute atomic E-state index is 12.2. The van der Waals surface area contributed by atoms with Crippen LogP contribution in [0.2, 0.25) is 0 Å². The average molecular weight is 298 g/mol. The Balaban J connectivity index is 1.70. The normalized spacial score (nSPS) is 15.8. The number of amides is 1. The molecule has 5 heteroatoms. The maximum atomic E-state index is 12.2. The molecule has 0 radical (unpaired) electrons. The van der Waals surface area contributed by atoms with Gasteiger partial charge in [0.2, 0.25) is 0 Å². The van der Waals surface area contributed by atoms with Crippen LogP contribution in [0.1, 0.15) is 30.1 Å². The van der Waals surface area contributed by atoms with Crippen LogP contribution in [0.4, 0.5) is 11.4 Å². The molecule has 0 atom stereocenters. The Kier molecular flexibility index (Phi) is 4.13. The molecule has 22 heavy (non-hydrogen) atoms. The Labute approximate surface area is 130 Å². The smallest absolute Gasteiger partial charge is 0.258 e. The number of piperidine rings is 1. The van der Waals surface area contributed by atoms with Crippen molar-refractivity contribution >= 4 is 17.3 Å². The van der Waals surface area contributed by atoms with E-state index >= 15 is 0 Å². The van der Waals surface area contributed by atoms with Crippen LogP contribution < -0.4 is 10.2 Å². The van der Waals surface area contributed by atoms with Crippen molar-refractivity contribution in [3.05, 3.63) is 42.2 Å². The summed E-state index contributed by atoms with van der Waals surface area (Å²) >= 11 is 0. The lowest BCUT2D eigenvalue weighted by atomic mass is 9.99. The van der Waals surface area contributed by atoms with Gasteiger partial charge in [0.1, 0.15) is 0 Å². The van der Waals surface area contributed by atoms with Gasteiger partial charge in [-0.3, -0.25) is 9.48 Å². The molecule has 0 bridgehead atoms. The average Bonchev–Trinajstić information content (AvgIpc) is 2.95. The minimum atomic E-state index is -0.127. The predicted molar refractivity (Wildman–Crippen MR) is 88.2 cm³/mol. The van der Waals surface area contributed by atoms with Crippen LogP contribution in [0.25, 0.3) is 0 Å². The molecule has 1 aliphatic rings. The molecular formula is C17H22N4O. The van der Waals surface area contributed by atoms with Gasteiger partial charge in [0.15, 0.2) is 0 Å². The fourth-order valence-electron chi connectivity index (χ4n) is 2.79. The Morgan fingerprint density at radius 1 is 1.32 bits per heavy atom. The zero-order valence-corrected chi connectivity index (χ0v) is 13.1. The molecule has 0 unspecified atom stereocenters. The molecule has 1 aliphatic heterocycles. The fraction of sp³-hybridized carbons (Fsp3) is 0.412. The summed E-state index contributed by atoms with van der Waals surface area (Å²) in [7, 11) is 1.80. The second-order valence-corrected chi connectivity index (χ2v) is 6.08. The van der Waals surface area contributed by atoms with Crippen molar-refractivity contribution in [1.82, 2.24) is 9.78 Å². The molecule has 0 saturated carbocycles. The third-order valence-electron chi connectivity index (χ3n) is 4.22. The van der Waals surface area contributed by atoms with Gasteiger partial charge in [-0.15, -0.1) is 0 Å². The number of rotatable bonds is 3. The Bertz CT molecular complexity index is 656. The number of carbonyl (C=O) groups excluding carboxylic acids is 1. The molecule has 1 N–H and O–H groups in total. The van der Waals surface area contributed by atoms with E-state index in [-0.39, 0.29) is 5.91 Å². The first-order valence-corrected chi connectivity index (χ1v) is 7.77. The van der Waals surface area contributed by atoms with E-state index in [2.05, 4.69) is 28.3 Å². The number of nitrogens with zero attached hydrogens (tertiary/aromatic N) is 3. The summed E-state index contributed by atoms with van der Waals surface area (Å²) in [5, 5.41) is 6.97. The summed E-state index contributed by atoms with van der Waals surface area (Å²) in [6, 6.07) is 8.07. The Morgan fingerprint density at radius 3 is 2.77 bits per heavy atom. The Hall–Kier alpha value is -2.30. The van der Waals surface area contributed by atoms with Gasteiger partial charge in [-0.2, -0.15) is 5.10 Å². The van der Waals surface area contributed by atoms with Gasteiger partial charge in [0.05, 0.1) is 11.8 Å². The van der Waals surface area contributed by atoms with E-state index in [1.165, 1.54) is 18.5 Å². The lowest BCUT2D eigenvalue weighted by Crippen LogP contribution is -2.32. The number of benzene rings is 1. The standard InChI is InChI=1S/C17H22N4O/c1-13-6-8-21(9-7-13)16-5-3-4-15(10-16)19-17(22)14-11-18-20(2)12-14/h3-5,10-13H,6-9H2,1-2H3,(H,19,22). The zero-order valence-electron chi connectivity index (χ0n) is 13.1. The minimum Gasteiger partial charge on any atom is -0.371 e. The van der Waals surface area contributed by atoms with Gasteiger partial charge in [-0.1, -0.05) is 13.0 Å². The molecule has 0 aliphatic carbocycles. The maximum Gasteiger partial charge on any atom is 0.258 e. The van der Waals surface area contributed by atoms with Crippen LogP contribution >= 0.6 is 0 Å². The molecule has 116 valence electrons. The quantitative estimate of drug-likeness (QED) is 0.948. The number of aromatic nitrogens is 2. The zero-order chi connectivity index (χ0) is 15.5. The molecule has 2 aromatic rings. The third-order valence-corrected chi connectivity index (χ3v) is 4.22. The number of carbonyl (C=O) groups is 1. The highest BCUT2D eigenvalue weighted by molar-refractivity contribution is 6.04. The first-order chi connectivity index (χ1) is 10.6. The number of anilines is 2. The van der Waals surface area contributed by atoms with Crippen molar-refractivity contribution in [3.8, 4) is 0 Å². The van der Waals surface area contributed by atoms with E-state index in [0.717, 1.165) is 24.7 Å². The van der Waals surface area contributed by atoms with Crippen molar-refractivity contribution < 1.29 is 4.79 Å². The fourth-order valence-corrected chi connectivity index (χ4v) is 2.79. The molecule has 1 fully saturated rings. The molecule has 1 aromatic carbocycles. The van der Waals surface area contributed by atoms with Crippen molar-refractivity contribution in [2.45, 2.75) is 19.8 Å². The molecule has 3 rings (SSSR count). The second-order valence-electron chi connectivity index (χ2n) is 6.08. The highest BCUT2D eigenvalue weighted by atomic mass is 16.1. The summed E-state index contributed by atoms with van der Waals surface area (Å²) in [5.74, 6) is 0.683. The third kappa shape index (κ3) is 3.30. The van der Waals surface area contributed by atoms with Crippen molar-refractivity contribution in [1.29, 1.82) is 0 Å². The monoisotopic (exact) mass is 298 g/mol. The van der Waals surface area contributed by atoms with Gasteiger partial charge in [-0.25, -0.2) is 0 Å². The Morgan fingerprint density at radius 2 is 2.09 bits per heavy atom. The van der Waals surface area contributed by atoms with Crippen molar-refractivity contribution in [2.24, 2.45) is 13.0 Å². The highest BCUT2D eigenvalue weighted by Gasteiger charge is 2.16. The van der Waals surface area contributed by atoms with Crippen molar-refractivity contribution in [3.63, 3.8) is 0 Å². The first-order valence-electron chi connectivity index (χ1n) is 7.77. The minimum absolute atomic E-state index is 0.127. The van der Waals surface area contributed by atoms with E-state index in [1.807, 2.05) is 18.2 Å². The van der Waals surface area contributed by atoms with Crippen LogP contribution in [0.15, 0.2) is 36.7 Å². The number of hydrogen-bond donors (Lipinski definition) is 1. The van der Waals surface area contributed by atoms with Gasteiger partial charge >= 0.3 is 0 Å². The lowest BCUT2D eigenvalue weighted by Gasteiger charge is -2.32. The van der Waals surface area contributed by atoms with Gasteiger partial charge in [-0.05, 0) is 37.0 Å². The molecular weight excluding hydrogens is 276 g/mol. The number of hydrogen-bond acceptors (Lipinski definition) is 3. The molecule has 5 nitrogen and oxygen atoms in total. The van der Waals surface area contributed by atoms with Crippen LogP contribution in [0.3, 0.4) is 0 Å². The summed E-state index contributed by atoms with van der Waals surface area (Å²) in [6.07, 6.45) is 5.75. The van der Waals surface area contributed by atoms with Gasteiger partial charge in [0.25, 0.3) is 5.91 Å². The largest absolute Gasteiger partial charge is 0.371 e. The second kappa shape index (κ2) is 6.22. The van der Waals surface area contributed by atoms with Gasteiger partial charge < -0.3 is 10.2 Å². The van der Waals surface area contributed by atoms with E-state index in [1.54, 1.807) is 24.1 Å². The van der Waals surface area contributed by atoms with E-state index < -0.39 is 0 Å². The van der Waals surface area contributed by atoms with Crippen molar-refractivity contribution in [2.75, 3.05) is 23.3 Å². The topological polar surface area (TPSA) is 50.2 Å². The van der Waals surface area contributed by atoms with Gasteiger partial charge in [0, 0.05) is 37.7 Å². The van der Waals surface area contributed by atoms with Crippen LogP contribution in [0.5, 0.6) is 0 Å². The molecule has 2 heterocycles. The summed E-state index contributed by atoms with van der Waals surface area (Å²) < 4.78 is 1.63. The number of nitrogens with one attached hydrogen (secondary N) is 1. The van der Waals surface area contributed by atoms with E-state index in [4.69, 9.17) is 0 Å². The molecule has 1 saturated heterocycles. The summed E-state index contributed by atoms with van der Waals surface area (Å²) in [6.45, 7) is 4.48. The van der Waals surface area contributed by atoms with E-state index in [9.17, 15) is 4.79 Å².